The fourth-order valence-electron chi connectivity index (χ4n) is 4.80. The number of amides is 1. The molecule has 0 bridgehead atoms. The number of aliphatic hydroxyl groups excluding tert-OH is 1. The maximum atomic E-state index is 13.5. The van der Waals surface area contributed by atoms with E-state index < -0.39 is 23.7 Å². The maximum absolute atomic E-state index is 13.5. The number of nitrogens with zero attached hydrogens (tertiary/aromatic N) is 2. The van der Waals surface area contributed by atoms with E-state index in [-0.39, 0.29) is 11.3 Å². The molecule has 1 fully saturated rings. The summed E-state index contributed by atoms with van der Waals surface area (Å²) in [5.41, 5.74) is 3.16. The van der Waals surface area contributed by atoms with Gasteiger partial charge in [0.15, 0.2) is 0 Å². The van der Waals surface area contributed by atoms with Gasteiger partial charge in [0.1, 0.15) is 24.2 Å². The van der Waals surface area contributed by atoms with E-state index in [1.54, 1.807) is 66.9 Å². The fourth-order valence-corrected chi connectivity index (χ4v) is 4.80. The number of aromatic nitrogens is 1. The molecule has 42 heavy (non-hydrogen) atoms. The Morgan fingerprint density at radius 3 is 2.31 bits per heavy atom. The highest BCUT2D eigenvalue weighted by Gasteiger charge is 2.47. The minimum absolute atomic E-state index is 0.0810. The monoisotopic (exact) mass is 562 g/mol. The zero-order valence-electron chi connectivity index (χ0n) is 23.3. The average Bonchev–Trinajstić information content (AvgIpc) is 3.29. The molecule has 1 N–H and O–H groups in total. The highest BCUT2D eigenvalue weighted by Crippen LogP contribution is 2.42. The zero-order chi connectivity index (χ0) is 29.6. The van der Waals surface area contributed by atoms with Crippen LogP contribution in [0.3, 0.4) is 0 Å². The molecule has 212 valence electrons. The molecule has 1 atom stereocenters. The number of anilines is 1. The van der Waals surface area contributed by atoms with E-state index in [9.17, 15) is 19.5 Å². The third kappa shape index (κ3) is 5.78. The number of hydrogen-bond donors (Lipinski definition) is 1. The first-order chi connectivity index (χ1) is 20.4. The quantitative estimate of drug-likeness (QED) is 0.113. The van der Waals surface area contributed by atoms with Gasteiger partial charge in [-0.15, -0.1) is 0 Å². The number of carbonyl (C=O) groups excluding carboxylic acids is 3. The Balaban J connectivity index is 1.50. The lowest BCUT2D eigenvalue weighted by Crippen LogP contribution is -2.29. The van der Waals surface area contributed by atoms with Crippen molar-refractivity contribution in [2.24, 2.45) is 0 Å². The lowest BCUT2D eigenvalue weighted by atomic mass is 9.97. The van der Waals surface area contributed by atoms with Gasteiger partial charge in [0.05, 0.1) is 23.4 Å². The Hall–Kier alpha value is -5.24. The second-order valence-corrected chi connectivity index (χ2v) is 9.86. The molecule has 4 aromatic rings. The highest BCUT2D eigenvalue weighted by atomic mass is 16.5. The topological polar surface area (TPSA) is 106 Å². The van der Waals surface area contributed by atoms with Crippen molar-refractivity contribution in [2.45, 2.75) is 32.9 Å². The third-order valence-electron chi connectivity index (χ3n) is 6.92. The predicted molar refractivity (Wildman–Crippen MR) is 158 cm³/mol. The number of aryl methyl sites for hydroxylation is 1. The van der Waals surface area contributed by atoms with Crippen molar-refractivity contribution in [3.63, 3.8) is 0 Å². The Morgan fingerprint density at radius 1 is 0.929 bits per heavy atom. The number of ketones is 1. The first-order valence-electron chi connectivity index (χ1n) is 13.7. The van der Waals surface area contributed by atoms with Crippen molar-refractivity contribution < 1.29 is 29.0 Å². The summed E-state index contributed by atoms with van der Waals surface area (Å²) in [5.74, 6) is -1.80. The van der Waals surface area contributed by atoms with Gasteiger partial charge >= 0.3 is 5.97 Å². The zero-order valence-corrected chi connectivity index (χ0v) is 23.3. The Kier molecular flexibility index (Phi) is 8.43. The van der Waals surface area contributed by atoms with Crippen molar-refractivity contribution in [2.75, 3.05) is 11.5 Å². The van der Waals surface area contributed by atoms with Gasteiger partial charge in [-0.2, -0.15) is 0 Å². The van der Waals surface area contributed by atoms with Crippen LogP contribution < -0.4 is 9.64 Å². The second-order valence-electron chi connectivity index (χ2n) is 9.86. The van der Waals surface area contributed by atoms with Crippen molar-refractivity contribution in [1.82, 2.24) is 4.98 Å². The number of hydrogen-bond acceptors (Lipinski definition) is 7. The first-order valence-corrected chi connectivity index (χ1v) is 13.7. The molecule has 2 heterocycles. The normalized spacial score (nSPS) is 16.0. The number of Topliss-reactive ketones (excluding diaryl/α,β-unsaturated/α-hetero) is 1. The van der Waals surface area contributed by atoms with Crippen LogP contribution in [-0.4, -0.2) is 34.4 Å². The van der Waals surface area contributed by atoms with Crippen molar-refractivity contribution in [3.05, 3.63) is 131 Å². The maximum Gasteiger partial charge on any atom is 0.338 e. The van der Waals surface area contributed by atoms with E-state index in [0.29, 0.717) is 47.9 Å². The van der Waals surface area contributed by atoms with Gasteiger partial charge in [-0.3, -0.25) is 19.5 Å². The summed E-state index contributed by atoms with van der Waals surface area (Å²) in [7, 11) is 0. The number of pyridine rings is 1. The number of aliphatic hydroxyl groups is 1. The lowest BCUT2D eigenvalue weighted by Gasteiger charge is -2.24. The third-order valence-corrected chi connectivity index (χ3v) is 6.92. The van der Waals surface area contributed by atoms with Crippen LogP contribution in [0.15, 0.2) is 103 Å². The van der Waals surface area contributed by atoms with Crippen LogP contribution in [-0.2, 0) is 20.9 Å². The molecule has 5 rings (SSSR count). The number of esters is 1. The molecule has 1 unspecified atom stereocenters. The summed E-state index contributed by atoms with van der Waals surface area (Å²) in [6, 6.07) is 25.3. The van der Waals surface area contributed by atoms with Gasteiger partial charge in [-0.05, 0) is 79.1 Å². The van der Waals surface area contributed by atoms with E-state index in [2.05, 4.69) is 4.98 Å². The SMILES string of the molecule is CCCOC(=O)c1ccc(N2C(=O)C(=O)/C(=C(\O)c3ccc(OCc4ccccc4)c(C)c3)C2c2ccccn2)cc1. The highest BCUT2D eigenvalue weighted by molar-refractivity contribution is 6.51. The van der Waals surface area contributed by atoms with Crippen LogP contribution >= 0.6 is 0 Å². The molecule has 8 heteroatoms. The Bertz CT molecular complexity index is 1630. The molecule has 1 aromatic heterocycles. The van der Waals surface area contributed by atoms with Gasteiger partial charge in [-0.1, -0.05) is 43.3 Å². The summed E-state index contributed by atoms with van der Waals surface area (Å²) >= 11 is 0. The summed E-state index contributed by atoms with van der Waals surface area (Å²) in [6.45, 7) is 4.43. The second kappa shape index (κ2) is 12.5. The first kappa shape index (κ1) is 28.3. The average molecular weight is 563 g/mol. The van der Waals surface area contributed by atoms with E-state index in [1.807, 2.05) is 44.2 Å². The molecular weight excluding hydrogens is 532 g/mol. The van der Waals surface area contributed by atoms with Gasteiger partial charge in [0.2, 0.25) is 0 Å². The van der Waals surface area contributed by atoms with Crippen LogP contribution in [0.5, 0.6) is 5.75 Å². The molecule has 0 radical (unpaired) electrons. The molecule has 1 saturated heterocycles. The summed E-state index contributed by atoms with van der Waals surface area (Å²) in [5, 5.41) is 11.5. The van der Waals surface area contributed by atoms with Crippen LogP contribution in [0.2, 0.25) is 0 Å². The van der Waals surface area contributed by atoms with E-state index >= 15 is 0 Å². The Morgan fingerprint density at radius 2 is 1.64 bits per heavy atom. The van der Waals surface area contributed by atoms with Gasteiger partial charge in [-0.25, -0.2) is 4.79 Å². The number of rotatable bonds is 9. The fraction of sp³-hybridized carbons (Fsp3) is 0.176. The predicted octanol–water partition coefficient (Wildman–Crippen LogP) is 6.16. The summed E-state index contributed by atoms with van der Waals surface area (Å²) < 4.78 is 11.2. The molecule has 0 saturated carbocycles. The van der Waals surface area contributed by atoms with Crippen molar-refractivity contribution in [3.8, 4) is 5.75 Å². The smallest absolute Gasteiger partial charge is 0.338 e. The molecular formula is C34H30N2O6. The van der Waals surface area contributed by atoms with Crippen LogP contribution in [0.4, 0.5) is 5.69 Å². The minimum atomic E-state index is -0.988. The summed E-state index contributed by atoms with van der Waals surface area (Å²) in [4.78, 5) is 44.9. The number of benzene rings is 3. The van der Waals surface area contributed by atoms with Crippen molar-refractivity contribution in [1.29, 1.82) is 0 Å². The largest absolute Gasteiger partial charge is 0.507 e. The standard InChI is InChI=1S/C34H30N2O6/c1-3-19-41-34(40)24-12-15-26(16-13-24)36-30(27-11-7-8-18-35-27)29(32(38)33(36)39)31(37)25-14-17-28(22(2)20-25)42-21-23-9-5-4-6-10-23/h4-18,20,30,37H,3,19,21H2,1-2H3/b31-29-. The minimum Gasteiger partial charge on any atom is -0.507 e. The lowest BCUT2D eigenvalue weighted by molar-refractivity contribution is -0.132. The van der Waals surface area contributed by atoms with Gasteiger partial charge in [0, 0.05) is 17.4 Å². The Labute approximate surface area is 243 Å². The van der Waals surface area contributed by atoms with Crippen molar-refractivity contribution >= 4 is 29.1 Å². The molecule has 8 nitrogen and oxygen atoms in total. The van der Waals surface area contributed by atoms with Crippen LogP contribution in [0.25, 0.3) is 5.76 Å². The number of ether oxygens (including phenoxy) is 2. The molecule has 3 aromatic carbocycles. The molecule has 0 spiro atoms. The molecule has 0 aliphatic carbocycles. The number of carbonyl (C=O) groups is 3. The molecule has 1 aliphatic rings. The summed E-state index contributed by atoms with van der Waals surface area (Å²) in [6.07, 6.45) is 2.26. The van der Waals surface area contributed by atoms with E-state index in [1.165, 1.54) is 4.90 Å². The van der Waals surface area contributed by atoms with Gasteiger partial charge < -0.3 is 14.6 Å². The van der Waals surface area contributed by atoms with Crippen LogP contribution in [0, 0.1) is 6.92 Å². The van der Waals surface area contributed by atoms with E-state index in [4.69, 9.17) is 9.47 Å². The molecule has 1 amide bonds. The van der Waals surface area contributed by atoms with Gasteiger partial charge in [0.25, 0.3) is 11.7 Å². The van der Waals surface area contributed by atoms with Crippen LogP contribution in [0.1, 0.15) is 52.1 Å². The van der Waals surface area contributed by atoms with E-state index in [0.717, 1.165) is 11.1 Å². The molecule has 1 aliphatic heterocycles.